The van der Waals surface area contributed by atoms with Crippen LogP contribution in [0.2, 0.25) is 0 Å². The highest BCUT2D eigenvalue weighted by atomic mass is 19.4. The summed E-state index contributed by atoms with van der Waals surface area (Å²) in [6.45, 7) is 0.713. The summed E-state index contributed by atoms with van der Waals surface area (Å²) in [7, 11) is 3.44. The first-order valence-electron chi connectivity index (χ1n) is 8.68. The zero-order valence-corrected chi connectivity index (χ0v) is 15.3. The number of likely N-dealkylation sites (tertiary alicyclic amines) is 1. The van der Waals surface area contributed by atoms with Gasteiger partial charge < -0.3 is 20.2 Å². The maximum absolute atomic E-state index is 13.0. The Morgan fingerprint density at radius 3 is 2.67 bits per heavy atom. The van der Waals surface area contributed by atoms with Crippen LogP contribution in [0.5, 0.6) is 0 Å². The number of nitrogens with zero attached hydrogens (tertiary/aromatic N) is 2. The molecule has 1 aromatic rings. The van der Waals surface area contributed by atoms with Gasteiger partial charge in [0.15, 0.2) is 0 Å². The van der Waals surface area contributed by atoms with E-state index in [4.69, 9.17) is 5.11 Å². The van der Waals surface area contributed by atoms with Gasteiger partial charge in [0.2, 0.25) is 0 Å². The second-order valence-corrected chi connectivity index (χ2v) is 6.91. The summed E-state index contributed by atoms with van der Waals surface area (Å²) < 4.78 is 38.9. The number of urea groups is 1. The molecule has 0 radical (unpaired) electrons. The van der Waals surface area contributed by atoms with Crippen LogP contribution in [-0.4, -0.2) is 60.6 Å². The van der Waals surface area contributed by atoms with Crippen LogP contribution >= 0.6 is 0 Å². The van der Waals surface area contributed by atoms with Gasteiger partial charge in [-0.2, -0.15) is 13.2 Å². The second-order valence-electron chi connectivity index (χ2n) is 6.91. The van der Waals surface area contributed by atoms with E-state index >= 15 is 0 Å². The first-order chi connectivity index (χ1) is 12.6. The van der Waals surface area contributed by atoms with Gasteiger partial charge in [0.1, 0.15) is 0 Å². The van der Waals surface area contributed by atoms with Gasteiger partial charge in [-0.3, -0.25) is 4.79 Å². The molecule has 9 heteroatoms. The quantitative estimate of drug-likeness (QED) is 0.815. The molecule has 1 aromatic carbocycles. The first kappa shape index (κ1) is 21.0. The van der Waals surface area contributed by atoms with Gasteiger partial charge in [-0.05, 0) is 44.6 Å². The molecule has 6 nitrogen and oxygen atoms in total. The van der Waals surface area contributed by atoms with E-state index in [2.05, 4.69) is 5.32 Å². The summed E-state index contributed by atoms with van der Waals surface area (Å²) in [6.07, 6.45) is -3.30. The van der Waals surface area contributed by atoms with Gasteiger partial charge in [0.05, 0.1) is 17.5 Å². The fourth-order valence-electron chi connectivity index (χ4n) is 3.18. The molecule has 150 valence electrons. The van der Waals surface area contributed by atoms with Crippen molar-refractivity contribution in [3.05, 3.63) is 35.4 Å². The summed E-state index contributed by atoms with van der Waals surface area (Å²) in [5.41, 5.74) is -0.296. The lowest BCUT2D eigenvalue weighted by Gasteiger charge is -2.32. The summed E-state index contributed by atoms with van der Waals surface area (Å²) in [5, 5.41) is 11.8. The van der Waals surface area contributed by atoms with Crippen LogP contribution in [0, 0.1) is 5.92 Å². The van der Waals surface area contributed by atoms with Crippen LogP contribution < -0.4 is 5.32 Å². The molecule has 2 atom stereocenters. The van der Waals surface area contributed by atoms with E-state index in [1.807, 2.05) is 0 Å². The molecular weight excluding hydrogens is 363 g/mol. The molecule has 1 heterocycles. The number of carbonyl (C=O) groups is 2. The van der Waals surface area contributed by atoms with Crippen molar-refractivity contribution in [2.75, 3.05) is 33.7 Å². The van der Waals surface area contributed by atoms with Gasteiger partial charge in [-0.25, -0.2) is 4.79 Å². The molecule has 0 spiro atoms. The average molecular weight is 387 g/mol. The Kier molecular flexibility index (Phi) is 6.69. The maximum atomic E-state index is 13.0. The Bertz CT molecular complexity index is 679. The van der Waals surface area contributed by atoms with Crippen LogP contribution in [0.4, 0.5) is 18.0 Å². The van der Waals surface area contributed by atoms with Crippen molar-refractivity contribution in [3.8, 4) is 0 Å². The highest BCUT2D eigenvalue weighted by molar-refractivity contribution is 5.76. The van der Waals surface area contributed by atoms with Crippen LogP contribution in [0.25, 0.3) is 0 Å². The molecule has 2 rings (SSSR count). The molecule has 2 N–H and O–H groups in total. The monoisotopic (exact) mass is 387 g/mol. The van der Waals surface area contributed by atoms with E-state index in [1.165, 1.54) is 11.0 Å². The number of hydrogen-bond donors (Lipinski definition) is 2. The minimum atomic E-state index is -4.43. The van der Waals surface area contributed by atoms with Crippen molar-refractivity contribution >= 4 is 12.0 Å². The number of hydrogen-bond acceptors (Lipinski definition) is 3. The molecule has 1 fully saturated rings. The Hall–Kier alpha value is -2.29. The maximum Gasteiger partial charge on any atom is 0.416 e. The molecule has 0 saturated carbocycles. The van der Waals surface area contributed by atoms with Gasteiger partial charge >= 0.3 is 18.2 Å². The minimum absolute atomic E-state index is 0.112. The zero-order chi connectivity index (χ0) is 20.2. The SMILES string of the molecule is CN(C)C(CNC(=O)N1CCCC(C(=O)O)C1)c1cccc(C(F)(F)F)c1. The van der Waals surface area contributed by atoms with Crippen molar-refractivity contribution in [3.63, 3.8) is 0 Å². The molecule has 2 unspecified atom stereocenters. The standard InChI is InChI=1S/C18H24F3N3O3/c1-23(2)15(12-5-3-7-14(9-12)18(19,20)21)10-22-17(27)24-8-4-6-13(11-24)16(25)26/h3,5,7,9,13,15H,4,6,8,10-11H2,1-2H3,(H,22,27)(H,25,26). The molecule has 27 heavy (non-hydrogen) atoms. The third-order valence-electron chi connectivity index (χ3n) is 4.73. The number of nitrogens with one attached hydrogen (secondary N) is 1. The number of benzene rings is 1. The van der Waals surface area contributed by atoms with Crippen LogP contribution in [0.1, 0.15) is 30.0 Å². The molecular formula is C18H24F3N3O3. The van der Waals surface area contributed by atoms with E-state index in [0.717, 1.165) is 12.1 Å². The minimum Gasteiger partial charge on any atom is -0.481 e. The number of amides is 2. The van der Waals surface area contributed by atoms with Crippen molar-refractivity contribution in [1.29, 1.82) is 0 Å². The summed E-state index contributed by atoms with van der Waals surface area (Å²) in [6, 6.07) is 4.18. The lowest BCUT2D eigenvalue weighted by Crippen LogP contribution is -2.48. The largest absolute Gasteiger partial charge is 0.481 e. The second kappa shape index (κ2) is 8.60. The number of likely N-dealkylation sites (N-methyl/N-ethyl adjacent to an activating group) is 1. The Labute approximate surface area is 155 Å². The molecule has 1 saturated heterocycles. The predicted molar refractivity (Wildman–Crippen MR) is 93.2 cm³/mol. The van der Waals surface area contributed by atoms with E-state index in [9.17, 15) is 22.8 Å². The van der Waals surface area contributed by atoms with E-state index < -0.39 is 35.7 Å². The van der Waals surface area contributed by atoms with Gasteiger partial charge in [-0.15, -0.1) is 0 Å². The van der Waals surface area contributed by atoms with Crippen molar-refractivity contribution in [2.24, 2.45) is 5.92 Å². The number of carbonyl (C=O) groups excluding carboxylic acids is 1. The van der Waals surface area contributed by atoms with Gasteiger partial charge in [0, 0.05) is 19.6 Å². The fourth-order valence-corrected chi connectivity index (χ4v) is 3.18. The van der Waals surface area contributed by atoms with Crippen LogP contribution in [0.3, 0.4) is 0 Å². The van der Waals surface area contributed by atoms with E-state index in [0.29, 0.717) is 24.9 Å². The number of piperidine rings is 1. The van der Waals surface area contributed by atoms with Crippen molar-refractivity contribution < 1.29 is 27.9 Å². The smallest absolute Gasteiger partial charge is 0.416 e. The van der Waals surface area contributed by atoms with Crippen molar-refractivity contribution in [2.45, 2.75) is 25.1 Å². The zero-order valence-electron chi connectivity index (χ0n) is 15.3. The molecule has 1 aliphatic heterocycles. The molecule has 2 amide bonds. The number of halogens is 3. The van der Waals surface area contributed by atoms with E-state index in [-0.39, 0.29) is 13.1 Å². The molecule has 0 bridgehead atoms. The Balaban J connectivity index is 2.05. The summed E-state index contributed by atoms with van der Waals surface area (Å²) in [5.74, 6) is -1.51. The molecule has 0 aliphatic carbocycles. The predicted octanol–water partition coefficient (Wildman–Crippen LogP) is 2.81. The number of aliphatic carboxylic acids is 1. The Morgan fingerprint density at radius 1 is 1.37 bits per heavy atom. The van der Waals surface area contributed by atoms with Gasteiger partial charge in [-0.1, -0.05) is 12.1 Å². The highest BCUT2D eigenvalue weighted by Crippen LogP contribution is 2.31. The van der Waals surface area contributed by atoms with Gasteiger partial charge in [0.25, 0.3) is 0 Å². The van der Waals surface area contributed by atoms with Crippen LogP contribution in [-0.2, 0) is 11.0 Å². The lowest BCUT2D eigenvalue weighted by molar-refractivity contribution is -0.143. The average Bonchev–Trinajstić information content (AvgIpc) is 2.61. The number of alkyl halides is 3. The molecule has 0 aromatic heterocycles. The third-order valence-corrected chi connectivity index (χ3v) is 4.73. The third kappa shape index (κ3) is 5.59. The Morgan fingerprint density at radius 2 is 2.07 bits per heavy atom. The number of carboxylic acid groups (broad SMARTS) is 1. The highest BCUT2D eigenvalue weighted by Gasteiger charge is 2.32. The molecule has 1 aliphatic rings. The summed E-state index contributed by atoms with van der Waals surface area (Å²) in [4.78, 5) is 26.7. The number of rotatable bonds is 5. The normalized spacial score (nSPS) is 19.0. The topological polar surface area (TPSA) is 72.9 Å². The summed E-state index contributed by atoms with van der Waals surface area (Å²) >= 11 is 0. The van der Waals surface area contributed by atoms with E-state index in [1.54, 1.807) is 25.1 Å². The van der Waals surface area contributed by atoms with Crippen molar-refractivity contribution in [1.82, 2.24) is 15.1 Å². The fraction of sp³-hybridized carbons (Fsp3) is 0.556. The first-order valence-corrected chi connectivity index (χ1v) is 8.68. The lowest BCUT2D eigenvalue weighted by atomic mass is 9.98. The number of carboxylic acids is 1. The van der Waals surface area contributed by atoms with Crippen LogP contribution in [0.15, 0.2) is 24.3 Å².